The summed E-state index contributed by atoms with van der Waals surface area (Å²) in [6.07, 6.45) is 2.76. The molecular formula is C16H19FN2O. The lowest BCUT2D eigenvalue weighted by atomic mass is 10.2. The van der Waals surface area contributed by atoms with Gasteiger partial charge in [0.05, 0.1) is 0 Å². The smallest absolute Gasteiger partial charge is 0.219 e. The Morgan fingerprint density at radius 2 is 2.15 bits per heavy atom. The van der Waals surface area contributed by atoms with Crippen molar-refractivity contribution in [2.75, 3.05) is 6.54 Å². The predicted octanol–water partition coefficient (Wildman–Crippen LogP) is 3.82. The second-order valence-electron chi connectivity index (χ2n) is 4.67. The minimum atomic E-state index is -0.344. The number of hydrogen-bond donors (Lipinski definition) is 1. The first-order valence-corrected chi connectivity index (χ1v) is 6.79. The SMILES string of the molecule is CCCNCc1ccnc(Oc2cccc(C)c2F)c1. The van der Waals surface area contributed by atoms with E-state index in [2.05, 4.69) is 17.2 Å². The average molecular weight is 274 g/mol. The van der Waals surface area contributed by atoms with E-state index in [9.17, 15) is 4.39 Å². The van der Waals surface area contributed by atoms with Gasteiger partial charge in [-0.1, -0.05) is 19.1 Å². The number of nitrogens with one attached hydrogen (secondary N) is 1. The summed E-state index contributed by atoms with van der Waals surface area (Å²) in [5.74, 6) is 0.269. The van der Waals surface area contributed by atoms with Crippen molar-refractivity contribution in [2.24, 2.45) is 0 Å². The lowest BCUT2D eigenvalue weighted by Gasteiger charge is -2.09. The van der Waals surface area contributed by atoms with Crippen LogP contribution in [0, 0.1) is 12.7 Å². The predicted molar refractivity (Wildman–Crippen MR) is 77.4 cm³/mol. The number of pyridine rings is 1. The fraction of sp³-hybridized carbons (Fsp3) is 0.312. The Hall–Kier alpha value is -1.94. The Morgan fingerprint density at radius 3 is 2.95 bits per heavy atom. The first-order valence-electron chi connectivity index (χ1n) is 6.79. The van der Waals surface area contributed by atoms with Crippen LogP contribution in [0.2, 0.25) is 0 Å². The maximum Gasteiger partial charge on any atom is 0.219 e. The van der Waals surface area contributed by atoms with Gasteiger partial charge in [-0.15, -0.1) is 0 Å². The van der Waals surface area contributed by atoms with Gasteiger partial charge in [0, 0.05) is 18.8 Å². The number of benzene rings is 1. The zero-order valence-electron chi connectivity index (χ0n) is 11.8. The molecule has 3 nitrogen and oxygen atoms in total. The Morgan fingerprint density at radius 1 is 1.30 bits per heavy atom. The second kappa shape index (κ2) is 7.01. The lowest BCUT2D eigenvalue weighted by Crippen LogP contribution is -2.13. The highest BCUT2D eigenvalue weighted by Gasteiger charge is 2.08. The van der Waals surface area contributed by atoms with E-state index >= 15 is 0 Å². The summed E-state index contributed by atoms with van der Waals surface area (Å²) < 4.78 is 19.4. The van der Waals surface area contributed by atoms with E-state index in [-0.39, 0.29) is 11.6 Å². The number of aryl methyl sites for hydroxylation is 1. The van der Waals surface area contributed by atoms with E-state index in [4.69, 9.17) is 4.74 Å². The molecule has 1 heterocycles. The molecule has 2 aromatic rings. The largest absolute Gasteiger partial charge is 0.436 e. The van der Waals surface area contributed by atoms with E-state index in [0.717, 1.165) is 25.1 Å². The average Bonchev–Trinajstić information content (AvgIpc) is 2.45. The van der Waals surface area contributed by atoms with E-state index in [1.54, 1.807) is 31.3 Å². The van der Waals surface area contributed by atoms with Gasteiger partial charge in [-0.05, 0) is 43.1 Å². The second-order valence-corrected chi connectivity index (χ2v) is 4.67. The van der Waals surface area contributed by atoms with Gasteiger partial charge in [0.25, 0.3) is 0 Å². The molecule has 2 rings (SSSR count). The van der Waals surface area contributed by atoms with Gasteiger partial charge in [-0.2, -0.15) is 0 Å². The minimum absolute atomic E-state index is 0.205. The quantitative estimate of drug-likeness (QED) is 0.813. The third-order valence-corrected chi connectivity index (χ3v) is 2.93. The molecule has 0 unspecified atom stereocenters. The molecule has 106 valence electrons. The fourth-order valence-electron chi connectivity index (χ4n) is 1.84. The van der Waals surface area contributed by atoms with E-state index in [0.29, 0.717) is 11.4 Å². The van der Waals surface area contributed by atoms with Gasteiger partial charge in [0.2, 0.25) is 5.88 Å². The molecule has 0 radical (unpaired) electrons. The topological polar surface area (TPSA) is 34.2 Å². The van der Waals surface area contributed by atoms with Crippen LogP contribution in [0.15, 0.2) is 36.5 Å². The molecule has 0 aliphatic heterocycles. The van der Waals surface area contributed by atoms with Gasteiger partial charge in [0.1, 0.15) is 0 Å². The molecule has 0 fully saturated rings. The fourth-order valence-corrected chi connectivity index (χ4v) is 1.84. The van der Waals surface area contributed by atoms with Crippen LogP contribution in [0.5, 0.6) is 11.6 Å². The van der Waals surface area contributed by atoms with Gasteiger partial charge >= 0.3 is 0 Å². The zero-order chi connectivity index (χ0) is 14.4. The highest BCUT2D eigenvalue weighted by atomic mass is 19.1. The molecule has 0 saturated carbocycles. The number of aromatic nitrogens is 1. The molecule has 0 bridgehead atoms. The van der Waals surface area contributed by atoms with Crippen molar-refractivity contribution in [2.45, 2.75) is 26.8 Å². The molecule has 0 amide bonds. The maximum atomic E-state index is 13.9. The minimum Gasteiger partial charge on any atom is -0.436 e. The van der Waals surface area contributed by atoms with Crippen molar-refractivity contribution in [1.82, 2.24) is 10.3 Å². The van der Waals surface area contributed by atoms with E-state index < -0.39 is 0 Å². The highest BCUT2D eigenvalue weighted by Crippen LogP contribution is 2.25. The van der Waals surface area contributed by atoms with Crippen molar-refractivity contribution < 1.29 is 9.13 Å². The van der Waals surface area contributed by atoms with Crippen LogP contribution in [-0.4, -0.2) is 11.5 Å². The highest BCUT2D eigenvalue weighted by molar-refractivity contribution is 5.33. The number of halogens is 1. The molecule has 4 heteroatoms. The summed E-state index contributed by atoms with van der Waals surface area (Å²) in [5, 5.41) is 3.31. The molecule has 0 atom stereocenters. The lowest BCUT2D eigenvalue weighted by molar-refractivity contribution is 0.425. The molecule has 0 spiro atoms. The summed E-state index contributed by atoms with van der Waals surface area (Å²) in [6, 6.07) is 8.82. The van der Waals surface area contributed by atoms with Gasteiger partial charge < -0.3 is 10.1 Å². The Kier molecular flexibility index (Phi) is 5.07. The first-order chi connectivity index (χ1) is 9.70. The van der Waals surface area contributed by atoms with E-state index in [1.807, 2.05) is 12.1 Å². The van der Waals surface area contributed by atoms with E-state index in [1.165, 1.54) is 0 Å². The van der Waals surface area contributed by atoms with Crippen LogP contribution < -0.4 is 10.1 Å². The molecule has 1 aromatic heterocycles. The van der Waals surface area contributed by atoms with Crippen LogP contribution in [0.25, 0.3) is 0 Å². The molecule has 20 heavy (non-hydrogen) atoms. The molecule has 1 N–H and O–H groups in total. The number of nitrogens with zero attached hydrogens (tertiary/aromatic N) is 1. The summed E-state index contributed by atoms with van der Waals surface area (Å²) >= 11 is 0. The van der Waals surface area contributed by atoms with Crippen LogP contribution in [0.3, 0.4) is 0 Å². The number of ether oxygens (including phenoxy) is 1. The Labute approximate surface area is 118 Å². The van der Waals surface area contributed by atoms with Gasteiger partial charge in [-0.25, -0.2) is 9.37 Å². The monoisotopic (exact) mass is 274 g/mol. The summed E-state index contributed by atoms with van der Waals surface area (Å²) in [5.41, 5.74) is 1.62. The van der Waals surface area contributed by atoms with Gasteiger partial charge in [0.15, 0.2) is 11.6 Å². The molecular weight excluding hydrogens is 255 g/mol. The zero-order valence-corrected chi connectivity index (χ0v) is 11.8. The van der Waals surface area contributed by atoms with Gasteiger partial charge in [-0.3, -0.25) is 0 Å². The Balaban J connectivity index is 2.09. The Bertz CT molecular complexity index is 572. The van der Waals surface area contributed by atoms with Crippen LogP contribution >= 0.6 is 0 Å². The summed E-state index contributed by atoms with van der Waals surface area (Å²) in [4.78, 5) is 4.12. The third kappa shape index (κ3) is 3.78. The number of rotatable bonds is 6. The molecule has 0 saturated heterocycles. The molecule has 1 aromatic carbocycles. The number of hydrogen-bond acceptors (Lipinski definition) is 3. The van der Waals surface area contributed by atoms with Crippen LogP contribution in [0.4, 0.5) is 4.39 Å². The summed E-state index contributed by atoms with van der Waals surface area (Å²) in [6.45, 7) is 5.54. The first kappa shape index (κ1) is 14.5. The molecule has 0 aliphatic carbocycles. The molecule has 0 aliphatic rings. The van der Waals surface area contributed by atoms with Crippen LogP contribution in [0.1, 0.15) is 24.5 Å². The van der Waals surface area contributed by atoms with Crippen LogP contribution in [-0.2, 0) is 6.54 Å². The summed E-state index contributed by atoms with van der Waals surface area (Å²) in [7, 11) is 0. The van der Waals surface area contributed by atoms with Crippen molar-refractivity contribution >= 4 is 0 Å². The van der Waals surface area contributed by atoms with Crippen molar-refractivity contribution in [3.63, 3.8) is 0 Å². The van der Waals surface area contributed by atoms with Crippen molar-refractivity contribution in [3.05, 3.63) is 53.5 Å². The van der Waals surface area contributed by atoms with Crippen molar-refractivity contribution in [1.29, 1.82) is 0 Å². The third-order valence-electron chi connectivity index (χ3n) is 2.93. The maximum absolute atomic E-state index is 13.9. The standard InChI is InChI=1S/C16H19FN2O/c1-3-8-18-11-13-7-9-19-15(10-13)20-14-6-4-5-12(2)16(14)17/h4-7,9-10,18H,3,8,11H2,1-2H3. The normalized spacial score (nSPS) is 10.6. The van der Waals surface area contributed by atoms with Crippen molar-refractivity contribution in [3.8, 4) is 11.6 Å².